The molecule has 2 rings (SSSR count). The van der Waals surface area contributed by atoms with Crippen molar-refractivity contribution < 1.29 is 58.9 Å². The van der Waals surface area contributed by atoms with E-state index in [-0.39, 0.29) is 68.5 Å². The summed E-state index contributed by atoms with van der Waals surface area (Å²) in [5.41, 5.74) is 3.39. The SMILES string of the molecule is CCCCCCCCCCCCCCCCCCc1c(C(C)C)cc[c-]1[SiH2]C1(C)C=CC=CC1.[Cl-].[Cl-].[Cl-].[Ti+4]. The number of rotatable bonds is 20. The van der Waals surface area contributed by atoms with E-state index in [4.69, 9.17) is 0 Å². The number of hydrogen-bond acceptors (Lipinski definition) is 0. The molecule has 0 N–H and O–H groups in total. The van der Waals surface area contributed by atoms with Gasteiger partial charge >= 0.3 is 21.7 Å². The average molecular weight is 636 g/mol. The van der Waals surface area contributed by atoms with E-state index in [9.17, 15) is 0 Å². The fourth-order valence-electron chi connectivity index (χ4n) is 5.78. The molecule has 38 heavy (non-hydrogen) atoms. The molecule has 0 nitrogen and oxygen atoms in total. The Kier molecular flexibility index (Phi) is 30.1. The molecule has 1 aliphatic carbocycles. The Morgan fingerprint density at radius 1 is 0.763 bits per heavy atom. The molecule has 0 amide bonds. The van der Waals surface area contributed by atoms with Crippen LogP contribution < -0.4 is 42.4 Å². The van der Waals surface area contributed by atoms with Gasteiger partial charge < -0.3 is 37.2 Å². The van der Waals surface area contributed by atoms with Crippen molar-refractivity contribution >= 4 is 14.7 Å². The molecule has 0 bridgehead atoms. The molecule has 0 aromatic heterocycles. The van der Waals surface area contributed by atoms with Gasteiger partial charge in [-0.2, -0.15) is 22.4 Å². The molecule has 0 fully saturated rings. The molecule has 0 aliphatic heterocycles. The van der Waals surface area contributed by atoms with Gasteiger partial charge in [0.25, 0.3) is 0 Å². The number of halogens is 3. The van der Waals surface area contributed by atoms with Crippen molar-refractivity contribution in [2.45, 2.75) is 154 Å². The maximum atomic E-state index is 2.50. The van der Waals surface area contributed by atoms with Crippen molar-refractivity contribution in [1.82, 2.24) is 0 Å². The first kappa shape index (κ1) is 43.1. The number of allylic oxidation sites excluding steroid dienone is 4. The van der Waals surface area contributed by atoms with Crippen LogP contribution in [0.15, 0.2) is 36.4 Å². The molecule has 218 valence electrons. The summed E-state index contributed by atoms with van der Waals surface area (Å²) in [6.45, 7) is 9.55. The van der Waals surface area contributed by atoms with Gasteiger partial charge in [-0.05, 0) is 11.5 Å². The second-order valence-corrected chi connectivity index (χ2v) is 14.6. The topological polar surface area (TPSA) is 0 Å². The second kappa shape index (κ2) is 26.5. The van der Waals surface area contributed by atoms with Crippen LogP contribution in [0.2, 0.25) is 5.04 Å². The molecule has 5 heteroatoms. The van der Waals surface area contributed by atoms with Crippen molar-refractivity contribution in [2.24, 2.45) is 0 Å². The van der Waals surface area contributed by atoms with Crippen LogP contribution in [0, 0.1) is 0 Å². The second-order valence-electron chi connectivity index (χ2n) is 11.8. The molecular formula is C33H57Cl3SiTi. The van der Waals surface area contributed by atoms with Crippen LogP contribution in [0.1, 0.15) is 154 Å². The van der Waals surface area contributed by atoms with Gasteiger partial charge in [-0.3, -0.25) is 0 Å². The first-order chi connectivity index (χ1) is 16.6. The zero-order valence-electron chi connectivity index (χ0n) is 25.1. The molecule has 0 saturated carbocycles. The fourth-order valence-corrected chi connectivity index (χ4v) is 8.04. The first-order valence-corrected chi connectivity index (χ1v) is 16.6. The quantitative estimate of drug-likeness (QED) is 0.113. The van der Waals surface area contributed by atoms with E-state index >= 15 is 0 Å². The molecule has 1 atom stereocenters. The Morgan fingerprint density at radius 3 is 1.66 bits per heavy atom. The van der Waals surface area contributed by atoms with Crippen molar-refractivity contribution in [3.05, 3.63) is 47.6 Å². The standard InChI is InChI=1S/C33H57Si.3ClH.Ti/c1-5-6-7-8-9-10-11-12-13-14-15-16-17-18-19-21-24-31-30(29(2)3)25-26-32(31)34-33(4)27-22-20-23-28-33;;;;/h20,22-23,25-27,29H,5-19,21,24,28,34H2,1-4H3;3*1H;/q-1;;;;+4/p-3. The molecule has 0 heterocycles. The molecule has 1 aliphatic rings. The van der Waals surface area contributed by atoms with Crippen LogP contribution >= 0.6 is 0 Å². The van der Waals surface area contributed by atoms with E-state index in [1.165, 1.54) is 116 Å². The van der Waals surface area contributed by atoms with E-state index in [0.29, 0.717) is 11.0 Å². The fraction of sp³-hybridized carbons (Fsp3) is 0.727. The summed E-state index contributed by atoms with van der Waals surface area (Å²) >= 11 is 0. The van der Waals surface area contributed by atoms with Crippen molar-refractivity contribution in [3.8, 4) is 0 Å². The van der Waals surface area contributed by atoms with Gasteiger partial charge in [-0.25, -0.2) is 6.07 Å². The maximum Gasteiger partial charge on any atom is 4.00 e. The third kappa shape index (κ3) is 18.1. The number of hydrogen-bond donors (Lipinski definition) is 0. The summed E-state index contributed by atoms with van der Waals surface area (Å²) in [6, 6.07) is 4.96. The summed E-state index contributed by atoms with van der Waals surface area (Å²) in [6.07, 6.45) is 35.1. The van der Waals surface area contributed by atoms with Gasteiger partial charge in [0.2, 0.25) is 0 Å². The van der Waals surface area contributed by atoms with E-state index in [1.807, 2.05) is 0 Å². The zero-order valence-corrected chi connectivity index (χ0v) is 30.4. The average Bonchev–Trinajstić information content (AvgIpc) is 3.21. The Hall–Kier alpha value is 0.631. The predicted molar refractivity (Wildman–Crippen MR) is 159 cm³/mol. The van der Waals surface area contributed by atoms with Crippen LogP contribution in [0.4, 0.5) is 0 Å². The van der Waals surface area contributed by atoms with Crippen LogP contribution in [-0.2, 0) is 28.1 Å². The van der Waals surface area contributed by atoms with E-state index in [2.05, 4.69) is 64.1 Å². The molecule has 0 saturated heterocycles. The molecule has 0 radical (unpaired) electrons. The Bertz CT molecular complexity index is 713. The molecule has 1 unspecified atom stereocenters. The van der Waals surface area contributed by atoms with Gasteiger partial charge in [0.05, 0.1) is 0 Å². The summed E-state index contributed by atoms with van der Waals surface area (Å²) in [5, 5.41) is 2.19. The largest absolute Gasteiger partial charge is 4.00 e. The third-order valence-electron chi connectivity index (χ3n) is 8.03. The van der Waals surface area contributed by atoms with Crippen LogP contribution in [0.5, 0.6) is 0 Å². The summed E-state index contributed by atoms with van der Waals surface area (Å²) in [7, 11) is -0.299. The predicted octanol–water partition coefficient (Wildman–Crippen LogP) is 0.831. The molecule has 1 aromatic carbocycles. The normalized spacial score (nSPS) is 16.2. The van der Waals surface area contributed by atoms with Gasteiger partial charge in [0.15, 0.2) is 0 Å². The van der Waals surface area contributed by atoms with Crippen molar-refractivity contribution in [3.63, 3.8) is 0 Å². The smallest absolute Gasteiger partial charge is 1.00 e. The summed E-state index contributed by atoms with van der Waals surface area (Å²) in [4.78, 5) is 0. The van der Waals surface area contributed by atoms with Gasteiger partial charge in [-0.15, -0.1) is 0 Å². The van der Waals surface area contributed by atoms with Gasteiger partial charge in [0, 0.05) is 9.52 Å². The van der Waals surface area contributed by atoms with Crippen molar-refractivity contribution in [1.29, 1.82) is 0 Å². The van der Waals surface area contributed by atoms with E-state index in [0.717, 1.165) is 0 Å². The summed E-state index contributed by atoms with van der Waals surface area (Å²) < 4.78 is 0. The monoisotopic (exact) mass is 634 g/mol. The van der Waals surface area contributed by atoms with Crippen LogP contribution in [0.3, 0.4) is 0 Å². The third-order valence-corrected chi connectivity index (χ3v) is 10.4. The Balaban J connectivity index is -0.00000306. The van der Waals surface area contributed by atoms with Crippen molar-refractivity contribution in [2.75, 3.05) is 0 Å². The Morgan fingerprint density at radius 2 is 1.24 bits per heavy atom. The molecule has 1 aromatic rings. The minimum Gasteiger partial charge on any atom is -1.00 e. The van der Waals surface area contributed by atoms with Gasteiger partial charge in [-0.1, -0.05) is 167 Å². The molecule has 0 spiro atoms. The van der Waals surface area contributed by atoms with E-state index in [1.54, 1.807) is 16.3 Å². The zero-order chi connectivity index (χ0) is 24.5. The van der Waals surface area contributed by atoms with Crippen LogP contribution in [-0.4, -0.2) is 9.52 Å². The minimum atomic E-state index is -0.299. The maximum absolute atomic E-state index is 2.50. The number of unbranched alkanes of at least 4 members (excludes halogenated alkanes) is 15. The minimum absolute atomic E-state index is 0. The van der Waals surface area contributed by atoms with Gasteiger partial charge in [0.1, 0.15) is 0 Å². The summed E-state index contributed by atoms with van der Waals surface area (Å²) in [5.74, 6) is 0.661. The van der Waals surface area contributed by atoms with Crippen LogP contribution in [0.25, 0.3) is 0 Å². The first-order valence-electron chi connectivity index (χ1n) is 15.2. The Labute approximate surface area is 273 Å². The molecular weight excluding hydrogens is 579 g/mol. The van der Waals surface area contributed by atoms with E-state index < -0.39 is 0 Å².